The molecule has 3 N–H and O–H groups in total. The zero-order chi connectivity index (χ0) is 51.4. The van der Waals surface area contributed by atoms with Gasteiger partial charge >= 0.3 is 5.97 Å². The first-order valence-electron chi connectivity index (χ1n) is 31.7. The van der Waals surface area contributed by atoms with E-state index in [1.165, 1.54) is 257 Å². The summed E-state index contributed by atoms with van der Waals surface area (Å²) in [5.74, 6) is -0.0363. The van der Waals surface area contributed by atoms with Gasteiger partial charge in [-0.2, -0.15) is 0 Å². The molecule has 0 fully saturated rings. The van der Waals surface area contributed by atoms with Crippen molar-refractivity contribution in [3.05, 3.63) is 36.5 Å². The van der Waals surface area contributed by atoms with Crippen LogP contribution in [0.2, 0.25) is 0 Å². The second-order valence-electron chi connectivity index (χ2n) is 21.7. The molecule has 0 radical (unpaired) electrons. The lowest BCUT2D eigenvalue weighted by atomic mass is 10.0. The van der Waals surface area contributed by atoms with Crippen molar-refractivity contribution in [2.45, 2.75) is 353 Å². The number of aliphatic hydroxyl groups excluding tert-OH is 2. The van der Waals surface area contributed by atoms with E-state index in [4.69, 9.17) is 4.74 Å². The van der Waals surface area contributed by atoms with E-state index in [1.54, 1.807) is 0 Å². The third kappa shape index (κ3) is 57.2. The Balaban J connectivity index is 3.39. The molecule has 71 heavy (non-hydrogen) atoms. The largest absolute Gasteiger partial charge is 0.466 e. The number of hydrogen-bond donors (Lipinski definition) is 3. The monoisotopic (exact) mass is 998 g/mol. The quantitative estimate of drug-likeness (QED) is 0.0321. The van der Waals surface area contributed by atoms with E-state index in [0.29, 0.717) is 25.9 Å². The molecule has 2 atom stereocenters. The second-order valence-corrected chi connectivity index (χ2v) is 21.7. The first-order valence-corrected chi connectivity index (χ1v) is 31.7. The van der Waals surface area contributed by atoms with E-state index in [1.807, 2.05) is 0 Å². The zero-order valence-corrected chi connectivity index (χ0v) is 47.7. The molecule has 0 heterocycles. The van der Waals surface area contributed by atoms with Crippen LogP contribution in [0.1, 0.15) is 341 Å². The lowest BCUT2D eigenvalue weighted by molar-refractivity contribution is -0.143. The van der Waals surface area contributed by atoms with Gasteiger partial charge in [0, 0.05) is 12.8 Å². The zero-order valence-electron chi connectivity index (χ0n) is 47.7. The topological polar surface area (TPSA) is 95.9 Å². The van der Waals surface area contributed by atoms with Crippen LogP contribution in [-0.4, -0.2) is 47.4 Å². The van der Waals surface area contributed by atoms with Crippen molar-refractivity contribution in [1.29, 1.82) is 0 Å². The molecule has 0 aromatic carbocycles. The highest BCUT2D eigenvalue weighted by atomic mass is 16.5. The molecule has 0 aliphatic carbocycles. The van der Waals surface area contributed by atoms with Gasteiger partial charge in [-0.1, -0.05) is 288 Å². The third-order valence-corrected chi connectivity index (χ3v) is 14.6. The van der Waals surface area contributed by atoms with Crippen molar-refractivity contribution in [3.63, 3.8) is 0 Å². The average Bonchev–Trinajstić information content (AvgIpc) is 3.37. The minimum atomic E-state index is -0.665. The Morgan fingerprint density at radius 3 is 1.14 bits per heavy atom. The molecule has 2 unspecified atom stereocenters. The van der Waals surface area contributed by atoms with Gasteiger partial charge in [0.25, 0.3) is 0 Å². The average molecular weight is 999 g/mol. The number of rotatable bonds is 59. The molecule has 0 saturated heterocycles. The van der Waals surface area contributed by atoms with Crippen molar-refractivity contribution in [2.24, 2.45) is 0 Å². The summed E-state index contributed by atoms with van der Waals surface area (Å²) in [6, 6.07) is -0.543. The predicted octanol–water partition coefficient (Wildman–Crippen LogP) is 20.0. The van der Waals surface area contributed by atoms with Crippen LogP contribution in [0.15, 0.2) is 36.5 Å². The Labute approximate surface area is 443 Å². The van der Waals surface area contributed by atoms with E-state index in [2.05, 4.69) is 55.6 Å². The number of aliphatic hydroxyl groups is 2. The highest BCUT2D eigenvalue weighted by Gasteiger charge is 2.20. The van der Waals surface area contributed by atoms with Crippen LogP contribution in [-0.2, 0) is 14.3 Å². The molecule has 0 aliphatic rings. The third-order valence-electron chi connectivity index (χ3n) is 14.6. The summed E-state index contributed by atoms with van der Waals surface area (Å²) in [4.78, 5) is 24.5. The van der Waals surface area contributed by atoms with Crippen LogP contribution in [0.4, 0.5) is 0 Å². The fraction of sp³-hybridized carbons (Fsp3) is 0.877. The lowest BCUT2D eigenvalue weighted by Gasteiger charge is -2.22. The Morgan fingerprint density at radius 2 is 0.732 bits per heavy atom. The molecule has 1 amide bonds. The number of carbonyl (C=O) groups excluding carboxylic acids is 2. The van der Waals surface area contributed by atoms with E-state index >= 15 is 0 Å². The maximum atomic E-state index is 12.5. The summed E-state index contributed by atoms with van der Waals surface area (Å²) in [6.45, 7) is 4.90. The summed E-state index contributed by atoms with van der Waals surface area (Å²) in [5, 5.41) is 23.3. The Bertz CT molecular complexity index is 1150. The van der Waals surface area contributed by atoms with E-state index in [9.17, 15) is 19.8 Å². The minimum Gasteiger partial charge on any atom is -0.466 e. The van der Waals surface area contributed by atoms with Gasteiger partial charge in [-0.3, -0.25) is 9.59 Å². The summed E-state index contributed by atoms with van der Waals surface area (Å²) in [6.07, 6.45) is 75.9. The molecular formula is C65H123NO5. The van der Waals surface area contributed by atoms with Gasteiger partial charge in [0.2, 0.25) is 5.91 Å². The van der Waals surface area contributed by atoms with Gasteiger partial charge in [0.05, 0.1) is 25.4 Å². The van der Waals surface area contributed by atoms with E-state index in [0.717, 1.165) is 51.4 Å². The van der Waals surface area contributed by atoms with Gasteiger partial charge in [-0.15, -0.1) is 0 Å². The second kappa shape index (κ2) is 60.6. The van der Waals surface area contributed by atoms with Crippen molar-refractivity contribution >= 4 is 11.9 Å². The van der Waals surface area contributed by atoms with Crippen molar-refractivity contribution in [1.82, 2.24) is 5.32 Å². The summed E-state index contributed by atoms with van der Waals surface area (Å²) in [7, 11) is 0. The van der Waals surface area contributed by atoms with Gasteiger partial charge in [0.1, 0.15) is 0 Å². The van der Waals surface area contributed by atoms with Crippen LogP contribution in [0.5, 0.6) is 0 Å². The SMILES string of the molecule is CCC/C=C\C/C=C\CCCCCCCC(=O)OCCCCCCCCCCCCCC/C=C\CCCCCCCCCCCCC(=O)NC(CO)C(O)CCCCCCCCCCCCCCCCC. The summed E-state index contributed by atoms with van der Waals surface area (Å²) >= 11 is 0. The Morgan fingerprint density at radius 1 is 0.394 bits per heavy atom. The number of carbonyl (C=O) groups is 2. The molecule has 0 aromatic heterocycles. The number of hydrogen-bond acceptors (Lipinski definition) is 5. The van der Waals surface area contributed by atoms with Crippen LogP contribution in [0.25, 0.3) is 0 Å². The Kier molecular flexibility index (Phi) is 59.0. The molecular weight excluding hydrogens is 875 g/mol. The van der Waals surface area contributed by atoms with E-state index < -0.39 is 12.1 Å². The highest BCUT2D eigenvalue weighted by molar-refractivity contribution is 5.76. The maximum Gasteiger partial charge on any atom is 0.305 e. The van der Waals surface area contributed by atoms with Crippen LogP contribution in [0.3, 0.4) is 0 Å². The smallest absolute Gasteiger partial charge is 0.305 e. The predicted molar refractivity (Wildman–Crippen MR) is 310 cm³/mol. The van der Waals surface area contributed by atoms with Crippen LogP contribution in [0, 0.1) is 0 Å². The fourth-order valence-electron chi connectivity index (χ4n) is 9.79. The van der Waals surface area contributed by atoms with E-state index in [-0.39, 0.29) is 18.5 Å². The summed E-state index contributed by atoms with van der Waals surface area (Å²) in [5.41, 5.74) is 0. The first kappa shape index (κ1) is 69.1. The summed E-state index contributed by atoms with van der Waals surface area (Å²) < 4.78 is 5.47. The molecule has 0 rings (SSSR count). The number of esters is 1. The molecule has 6 heteroatoms. The molecule has 0 bridgehead atoms. The molecule has 0 aromatic rings. The standard InChI is InChI=1S/C65H123NO5/c1-3-5-7-9-11-13-15-17-30-34-37-41-45-49-53-57-63(68)62(61-67)66-64(69)58-54-50-46-42-38-35-31-28-26-24-22-20-18-19-21-23-25-27-29-32-36-40-44-48-52-56-60-71-65(70)59-55-51-47-43-39-33-16-14-12-10-8-6-4-2/h8,10,14,16,18,20,62-63,67-68H,3-7,9,11-13,15,17,19,21-61H2,1-2H3,(H,66,69)/b10-8-,16-14-,20-18-. The number of allylic oxidation sites excluding steroid dienone is 6. The number of ether oxygens (including phenoxy) is 1. The molecule has 0 aliphatic heterocycles. The first-order chi connectivity index (χ1) is 35.0. The molecule has 6 nitrogen and oxygen atoms in total. The maximum absolute atomic E-state index is 12.5. The van der Waals surface area contributed by atoms with Crippen molar-refractivity contribution < 1.29 is 24.5 Å². The van der Waals surface area contributed by atoms with Gasteiger partial charge in [0.15, 0.2) is 0 Å². The normalized spacial score (nSPS) is 12.8. The van der Waals surface area contributed by atoms with Gasteiger partial charge < -0.3 is 20.3 Å². The fourth-order valence-corrected chi connectivity index (χ4v) is 9.79. The van der Waals surface area contributed by atoms with Crippen LogP contribution >= 0.6 is 0 Å². The molecule has 418 valence electrons. The lowest BCUT2D eigenvalue weighted by Crippen LogP contribution is -2.45. The molecule has 0 spiro atoms. The number of unbranched alkanes of at least 4 members (excludes halogenated alkanes) is 42. The highest BCUT2D eigenvalue weighted by Crippen LogP contribution is 2.18. The van der Waals surface area contributed by atoms with Gasteiger partial charge in [-0.25, -0.2) is 0 Å². The molecule has 0 saturated carbocycles. The number of amides is 1. The Hall–Kier alpha value is -1.92. The van der Waals surface area contributed by atoms with Crippen LogP contribution < -0.4 is 5.32 Å². The van der Waals surface area contributed by atoms with Crippen molar-refractivity contribution in [3.8, 4) is 0 Å². The number of nitrogens with one attached hydrogen (secondary N) is 1. The van der Waals surface area contributed by atoms with Gasteiger partial charge in [-0.05, 0) is 77.0 Å². The minimum absolute atomic E-state index is 0.00104. The van der Waals surface area contributed by atoms with Crippen molar-refractivity contribution in [2.75, 3.05) is 13.2 Å².